The number of benzene rings is 3. The maximum absolute atomic E-state index is 14.2. The number of amides is 3. The molecule has 4 atom stereocenters. The number of carbonyl (C=O) groups is 2. The predicted molar refractivity (Wildman–Crippen MR) is 150 cm³/mol. The van der Waals surface area contributed by atoms with Gasteiger partial charge in [-0.1, -0.05) is 78.9 Å². The highest BCUT2D eigenvalue weighted by Crippen LogP contribution is 2.51. The van der Waals surface area contributed by atoms with Gasteiger partial charge in [-0.15, -0.1) is 0 Å². The second-order valence-corrected chi connectivity index (χ2v) is 10.7. The van der Waals surface area contributed by atoms with E-state index in [1.165, 1.54) is 16.7 Å². The number of carbonyl (C=O) groups excluding carboxylic acids is 2. The minimum Gasteiger partial charge on any atom is -0.378 e. The van der Waals surface area contributed by atoms with Crippen molar-refractivity contribution in [1.82, 2.24) is 15.1 Å². The van der Waals surface area contributed by atoms with E-state index in [-0.39, 0.29) is 29.9 Å². The molecule has 3 amide bonds. The molecule has 0 aromatic heterocycles. The van der Waals surface area contributed by atoms with Gasteiger partial charge in [-0.2, -0.15) is 0 Å². The Morgan fingerprint density at radius 3 is 2.37 bits per heavy atom. The van der Waals surface area contributed by atoms with E-state index in [0.29, 0.717) is 19.6 Å². The number of likely N-dealkylation sites (tertiary alicyclic amines) is 2. The van der Waals surface area contributed by atoms with Crippen LogP contribution in [0.3, 0.4) is 0 Å². The van der Waals surface area contributed by atoms with Crippen LogP contribution in [0.2, 0.25) is 0 Å². The van der Waals surface area contributed by atoms with Crippen LogP contribution in [-0.4, -0.2) is 47.4 Å². The molecule has 3 aliphatic rings. The molecule has 196 valence electrons. The number of hydrogen-bond donors (Lipinski definition) is 2. The van der Waals surface area contributed by atoms with Gasteiger partial charge in [0.2, 0.25) is 5.91 Å². The maximum atomic E-state index is 14.2. The Bertz CT molecular complexity index is 1260. The van der Waals surface area contributed by atoms with Crippen LogP contribution in [0, 0.1) is 5.92 Å². The van der Waals surface area contributed by atoms with E-state index < -0.39 is 6.04 Å². The van der Waals surface area contributed by atoms with E-state index >= 15 is 0 Å². The second kappa shape index (κ2) is 10.9. The van der Waals surface area contributed by atoms with Crippen LogP contribution in [0.5, 0.6) is 0 Å². The molecule has 38 heavy (non-hydrogen) atoms. The Hall–Kier alpha value is -3.80. The van der Waals surface area contributed by atoms with Gasteiger partial charge in [0.1, 0.15) is 6.04 Å². The lowest BCUT2D eigenvalue weighted by Gasteiger charge is -2.42. The molecule has 0 aliphatic carbocycles. The minimum atomic E-state index is -0.406. The summed E-state index contributed by atoms with van der Waals surface area (Å²) in [4.78, 5) is 31.4. The molecule has 0 spiro atoms. The third kappa shape index (κ3) is 4.75. The number of urea groups is 1. The summed E-state index contributed by atoms with van der Waals surface area (Å²) in [5.74, 6) is 0.381. The van der Waals surface area contributed by atoms with Crippen LogP contribution in [0.25, 0.3) is 0 Å². The number of nitrogens with zero attached hydrogens (tertiary/aromatic N) is 2. The van der Waals surface area contributed by atoms with Crippen LogP contribution in [-0.2, 0) is 11.2 Å². The lowest BCUT2D eigenvalue weighted by atomic mass is 9.80. The number of rotatable bonds is 5. The normalized spacial score (nSPS) is 24.2. The molecule has 6 heteroatoms. The van der Waals surface area contributed by atoms with E-state index in [1.807, 2.05) is 24.3 Å². The van der Waals surface area contributed by atoms with Crippen molar-refractivity contribution in [3.63, 3.8) is 0 Å². The lowest BCUT2D eigenvalue weighted by molar-refractivity contribution is -0.138. The molecule has 6 nitrogen and oxygen atoms in total. The van der Waals surface area contributed by atoms with Crippen molar-refractivity contribution in [3.05, 3.63) is 102 Å². The standard InChI is InChI=1S/C32H36N4O2/c37-31(28-17-9-10-21-35(28)32(38)33-20-18-23-11-3-1-4-12-23)36-22-19-26-29(24-13-5-2-6-14-24)34-27-16-8-7-15-25(27)30(26)36/h1-8,11-16,26,28-30,34H,9-10,17-22H2,(H,33,38)/t26-,28+,29-,30-/m0/s1. The molecule has 0 saturated carbocycles. The fourth-order valence-electron chi connectivity index (χ4n) is 6.65. The smallest absolute Gasteiger partial charge is 0.318 e. The van der Waals surface area contributed by atoms with Gasteiger partial charge in [0.15, 0.2) is 0 Å². The summed E-state index contributed by atoms with van der Waals surface area (Å²) in [6.45, 7) is 1.90. The molecular weight excluding hydrogens is 472 g/mol. The quantitative estimate of drug-likeness (QED) is 0.475. The van der Waals surface area contributed by atoms with E-state index in [0.717, 1.165) is 37.8 Å². The third-order valence-corrected chi connectivity index (χ3v) is 8.49. The fraction of sp³-hybridized carbons (Fsp3) is 0.375. The largest absolute Gasteiger partial charge is 0.378 e. The third-order valence-electron chi connectivity index (χ3n) is 8.49. The first kappa shape index (κ1) is 24.5. The first-order valence-corrected chi connectivity index (χ1v) is 14.0. The second-order valence-electron chi connectivity index (χ2n) is 10.7. The molecule has 0 bridgehead atoms. The maximum Gasteiger partial charge on any atom is 0.318 e. The van der Waals surface area contributed by atoms with Gasteiger partial charge in [0, 0.05) is 31.2 Å². The van der Waals surface area contributed by atoms with Crippen molar-refractivity contribution in [1.29, 1.82) is 0 Å². The molecule has 3 heterocycles. The first-order chi connectivity index (χ1) is 18.7. The molecule has 0 unspecified atom stereocenters. The lowest BCUT2D eigenvalue weighted by Crippen LogP contribution is -2.56. The summed E-state index contributed by atoms with van der Waals surface area (Å²) in [5.41, 5.74) is 4.73. The summed E-state index contributed by atoms with van der Waals surface area (Å²) in [6, 6.07) is 28.8. The summed E-state index contributed by atoms with van der Waals surface area (Å²) >= 11 is 0. The summed E-state index contributed by atoms with van der Waals surface area (Å²) in [7, 11) is 0. The highest BCUT2D eigenvalue weighted by Gasteiger charge is 2.48. The number of para-hydroxylation sites is 1. The van der Waals surface area contributed by atoms with Gasteiger partial charge >= 0.3 is 6.03 Å². The summed E-state index contributed by atoms with van der Waals surface area (Å²) in [6.07, 6.45) is 4.34. The van der Waals surface area contributed by atoms with Crippen LogP contribution in [0.15, 0.2) is 84.9 Å². The Morgan fingerprint density at radius 1 is 0.816 bits per heavy atom. The van der Waals surface area contributed by atoms with Crippen molar-refractivity contribution < 1.29 is 9.59 Å². The van der Waals surface area contributed by atoms with Crippen molar-refractivity contribution in [3.8, 4) is 0 Å². The predicted octanol–water partition coefficient (Wildman–Crippen LogP) is 5.55. The topological polar surface area (TPSA) is 64.7 Å². The summed E-state index contributed by atoms with van der Waals surface area (Å²) in [5, 5.41) is 6.86. The van der Waals surface area contributed by atoms with E-state index in [4.69, 9.17) is 0 Å². The molecule has 6 rings (SSSR count). The van der Waals surface area contributed by atoms with E-state index in [1.54, 1.807) is 4.90 Å². The number of hydrogen-bond acceptors (Lipinski definition) is 3. The zero-order chi connectivity index (χ0) is 25.9. The monoisotopic (exact) mass is 508 g/mol. The van der Waals surface area contributed by atoms with Gasteiger partial charge in [-0.25, -0.2) is 4.79 Å². The zero-order valence-corrected chi connectivity index (χ0v) is 21.8. The average Bonchev–Trinajstić information content (AvgIpc) is 3.43. The molecule has 3 aromatic carbocycles. The number of fused-ring (bicyclic) bond motifs is 3. The molecular formula is C32H36N4O2. The Balaban J connectivity index is 1.21. The van der Waals surface area contributed by atoms with Crippen LogP contribution in [0.1, 0.15) is 54.5 Å². The molecule has 2 fully saturated rings. The number of anilines is 1. The fourth-order valence-corrected chi connectivity index (χ4v) is 6.65. The first-order valence-electron chi connectivity index (χ1n) is 14.0. The average molecular weight is 509 g/mol. The van der Waals surface area contributed by atoms with E-state index in [2.05, 4.69) is 76.2 Å². The highest BCUT2D eigenvalue weighted by atomic mass is 16.2. The zero-order valence-electron chi connectivity index (χ0n) is 21.8. The number of nitrogens with one attached hydrogen (secondary N) is 2. The van der Waals surface area contributed by atoms with Gasteiger partial charge < -0.3 is 20.4 Å². The SMILES string of the molecule is O=C(NCCc1ccccc1)N1CCCC[C@@H]1C(=O)N1CC[C@H]2[C@H](c3ccccc3)Nc3ccccc3[C@@H]21. The molecule has 2 N–H and O–H groups in total. The van der Waals surface area contributed by atoms with Crippen molar-refractivity contribution >= 4 is 17.6 Å². The van der Waals surface area contributed by atoms with Crippen molar-refractivity contribution in [2.24, 2.45) is 5.92 Å². The number of piperidine rings is 1. The molecule has 0 radical (unpaired) electrons. The van der Waals surface area contributed by atoms with Crippen LogP contribution < -0.4 is 10.6 Å². The van der Waals surface area contributed by atoms with Crippen LogP contribution in [0.4, 0.5) is 10.5 Å². The van der Waals surface area contributed by atoms with Gasteiger partial charge in [0.05, 0.1) is 12.1 Å². The van der Waals surface area contributed by atoms with Crippen molar-refractivity contribution in [2.75, 3.05) is 25.0 Å². The van der Waals surface area contributed by atoms with Crippen LogP contribution >= 0.6 is 0 Å². The Kier molecular flexibility index (Phi) is 7.04. The van der Waals surface area contributed by atoms with Gasteiger partial charge in [-0.3, -0.25) is 4.79 Å². The van der Waals surface area contributed by atoms with Gasteiger partial charge in [0.25, 0.3) is 0 Å². The summed E-state index contributed by atoms with van der Waals surface area (Å²) < 4.78 is 0. The Labute approximate surface area is 225 Å². The minimum absolute atomic E-state index is 0.00933. The van der Waals surface area contributed by atoms with Gasteiger partial charge in [-0.05, 0) is 54.9 Å². The molecule has 2 saturated heterocycles. The van der Waals surface area contributed by atoms with E-state index in [9.17, 15) is 9.59 Å². The van der Waals surface area contributed by atoms with Crippen molar-refractivity contribution in [2.45, 2.75) is 50.2 Å². The highest BCUT2D eigenvalue weighted by molar-refractivity contribution is 5.88. The molecule has 3 aromatic rings. The molecule has 3 aliphatic heterocycles. The Morgan fingerprint density at radius 2 is 1.55 bits per heavy atom.